The normalized spacial score (nSPS) is 24.7. The van der Waals surface area contributed by atoms with Crippen LogP contribution < -0.4 is 14.8 Å². The van der Waals surface area contributed by atoms with Gasteiger partial charge in [-0.2, -0.15) is 0 Å². The molecule has 1 aromatic heterocycles. The largest absolute Gasteiger partial charge is 0.485 e. The molecule has 1 amide bonds. The minimum atomic E-state index is -0.591. The maximum atomic E-state index is 13.5. The molecule has 1 aliphatic carbocycles. The number of carbonyl (C=O) groups is 1. The van der Waals surface area contributed by atoms with Crippen LogP contribution in [0.1, 0.15) is 56.6 Å². The number of fused-ring (bicyclic) bond motifs is 2. The number of nitrogens with one attached hydrogen (secondary N) is 1. The fourth-order valence-electron chi connectivity index (χ4n) is 6.06. The molecule has 3 aromatic rings. The molecule has 196 valence electrons. The minimum absolute atomic E-state index is 0.0779. The maximum Gasteiger partial charge on any atom is 0.264 e. The van der Waals surface area contributed by atoms with Crippen molar-refractivity contribution in [2.75, 3.05) is 26.2 Å². The van der Waals surface area contributed by atoms with Gasteiger partial charge in [0.2, 0.25) is 6.10 Å². The van der Waals surface area contributed by atoms with Gasteiger partial charge in [-0.3, -0.25) is 4.79 Å². The van der Waals surface area contributed by atoms with Crippen LogP contribution in [-0.4, -0.2) is 54.4 Å². The molecule has 6 rings (SSSR count). The molecular formula is C29H34FN3O4. The zero-order valence-electron chi connectivity index (χ0n) is 21.0. The molecular weight excluding hydrogens is 473 g/mol. The van der Waals surface area contributed by atoms with E-state index in [4.69, 9.17) is 14.0 Å². The number of aromatic nitrogens is 1. The Morgan fingerprint density at radius 2 is 1.81 bits per heavy atom. The number of benzene rings is 2. The summed E-state index contributed by atoms with van der Waals surface area (Å²) < 4.78 is 30.4. The number of ether oxygens (including phenoxy) is 2. The van der Waals surface area contributed by atoms with Gasteiger partial charge in [0.05, 0.1) is 5.69 Å². The van der Waals surface area contributed by atoms with Gasteiger partial charge in [0.25, 0.3) is 5.91 Å². The molecule has 1 saturated carbocycles. The van der Waals surface area contributed by atoms with E-state index >= 15 is 0 Å². The Labute approximate surface area is 216 Å². The Kier molecular flexibility index (Phi) is 7.00. The van der Waals surface area contributed by atoms with E-state index in [9.17, 15) is 9.18 Å². The second kappa shape index (κ2) is 10.7. The third kappa shape index (κ3) is 5.44. The number of para-hydroxylation sites is 2. The summed E-state index contributed by atoms with van der Waals surface area (Å²) in [5, 5.41) is 8.40. The Hall–Kier alpha value is -3.13. The fraction of sp³-hybridized carbons (Fsp3) is 0.517. The van der Waals surface area contributed by atoms with Crippen LogP contribution in [-0.2, 0) is 4.79 Å². The Morgan fingerprint density at radius 3 is 2.62 bits per heavy atom. The first-order valence-electron chi connectivity index (χ1n) is 13.6. The van der Waals surface area contributed by atoms with Gasteiger partial charge in [0.1, 0.15) is 12.4 Å². The van der Waals surface area contributed by atoms with Gasteiger partial charge in [-0.05, 0) is 94.8 Å². The maximum absolute atomic E-state index is 13.5. The van der Waals surface area contributed by atoms with Crippen molar-refractivity contribution in [3.05, 3.63) is 54.0 Å². The SMILES string of the molecule is O=C(NC1CCC(CCN2CCC(c3noc4cc(F)ccc34)CC2)CC1)C1COc2ccccc2O1. The van der Waals surface area contributed by atoms with Crippen molar-refractivity contribution < 1.29 is 23.2 Å². The Balaban J connectivity index is 0.908. The topological polar surface area (TPSA) is 76.8 Å². The van der Waals surface area contributed by atoms with Crippen molar-refractivity contribution in [1.82, 2.24) is 15.4 Å². The lowest BCUT2D eigenvalue weighted by molar-refractivity contribution is -0.131. The quantitative estimate of drug-likeness (QED) is 0.503. The lowest BCUT2D eigenvalue weighted by atomic mass is 9.83. The van der Waals surface area contributed by atoms with Crippen LogP contribution in [0.2, 0.25) is 0 Å². The summed E-state index contributed by atoms with van der Waals surface area (Å²) in [5.41, 5.74) is 1.51. The van der Waals surface area contributed by atoms with Crippen molar-refractivity contribution in [2.24, 2.45) is 5.92 Å². The van der Waals surface area contributed by atoms with Gasteiger partial charge in [-0.25, -0.2) is 4.39 Å². The van der Waals surface area contributed by atoms with E-state index in [0.717, 1.165) is 69.2 Å². The molecule has 37 heavy (non-hydrogen) atoms. The summed E-state index contributed by atoms with van der Waals surface area (Å²) in [7, 11) is 0. The highest BCUT2D eigenvalue weighted by atomic mass is 19.1. The van der Waals surface area contributed by atoms with Crippen molar-refractivity contribution in [3.63, 3.8) is 0 Å². The summed E-state index contributed by atoms with van der Waals surface area (Å²) in [4.78, 5) is 15.3. The molecule has 0 spiro atoms. The van der Waals surface area contributed by atoms with Crippen LogP contribution >= 0.6 is 0 Å². The van der Waals surface area contributed by atoms with E-state index in [1.807, 2.05) is 24.3 Å². The third-order valence-corrected chi connectivity index (χ3v) is 8.28. The van der Waals surface area contributed by atoms with Crippen LogP contribution in [0, 0.1) is 11.7 Å². The highest BCUT2D eigenvalue weighted by molar-refractivity contribution is 5.82. The second-order valence-electron chi connectivity index (χ2n) is 10.7. The fourth-order valence-corrected chi connectivity index (χ4v) is 6.06. The van der Waals surface area contributed by atoms with E-state index in [1.165, 1.54) is 18.6 Å². The van der Waals surface area contributed by atoms with E-state index < -0.39 is 6.10 Å². The van der Waals surface area contributed by atoms with Gasteiger partial charge in [0.15, 0.2) is 17.1 Å². The molecule has 3 heterocycles. The average Bonchev–Trinajstić information content (AvgIpc) is 3.35. The summed E-state index contributed by atoms with van der Waals surface area (Å²) in [6.45, 7) is 3.47. The summed E-state index contributed by atoms with van der Waals surface area (Å²) in [6, 6.07) is 12.4. The number of amides is 1. The number of piperidine rings is 1. The van der Waals surface area contributed by atoms with Crippen molar-refractivity contribution in [2.45, 2.75) is 63.0 Å². The molecule has 2 fully saturated rings. The smallest absolute Gasteiger partial charge is 0.264 e. The number of likely N-dealkylation sites (tertiary alicyclic amines) is 1. The van der Waals surface area contributed by atoms with Crippen molar-refractivity contribution in [1.29, 1.82) is 0 Å². The number of carbonyl (C=O) groups excluding carboxylic acids is 1. The lowest BCUT2D eigenvalue weighted by Gasteiger charge is -2.34. The highest BCUT2D eigenvalue weighted by Gasteiger charge is 2.31. The van der Waals surface area contributed by atoms with E-state index in [2.05, 4.69) is 15.4 Å². The van der Waals surface area contributed by atoms with Gasteiger partial charge in [0, 0.05) is 23.4 Å². The van der Waals surface area contributed by atoms with Gasteiger partial charge in [-0.15, -0.1) is 0 Å². The first-order valence-corrected chi connectivity index (χ1v) is 13.6. The number of halogens is 1. The molecule has 1 atom stereocenters. The number of hydrogen-bond acceptors (Lipinski definition) is 6. The molecule has 0 radical (unpaired) electrons. The number of hydrogen-bond donors (Lipinski definition) is 1. The summed E-state index contributed by atoms with van der Waals surface area (Å²) >= 11 is 0. The summed E-state index contributed by atoms with van der Waals surface area (Å²) in [6.07, 6.45) is 7.04. The van der Waals surface area contributed by atoms with Crippen molar-refractivity contribution >= 4 is 16.9 Å². The molecule has 2 aromatic carbocycles. The molecule has 0 bridgehead atoms. The molecule has 2 aliphatic heterocycles. The van der Waals surface area contributed by atoms with E-state index in [0.29, 0.717) is 28.9 Å². The first kappa shape index (κ1) is 24.2. The molecule has 7 nitrogen and oxygen atoms in total. The zero-order chi connectivity index (χ0) is 25.2. The molecule has 1 saturated heterocycles. The summed E-state index contributed by atoms with van der Waals surface area (Å²) in [5.74, 6) is 2.03. The van der Waals surface area contributed by atoms with Crippen LogP contribution in [0.3, 0.4) is 0 Å². The third-order valence-electron chi connectivity index (χ3n) is 8.28. The zero-order valence-corrected chi connectivity index (χ0v) is 21.0. The van der Waals surface area contributed by atoms with Gasteiger partial charge < -0.3 is 24.2 Å². The molecule has 3 aliphatic rings. The van der Waals surface area contributed by atoms with Crippen LogP contribution in [0.15, 0.2) is 47.0 Å². The predicted octanol–water partition coefficient (Wildman–Crippen LogP) is 5.05. The highest BCUT2D eigenvalue weighted by Crippen LogP contribution is 2.34. The average molecular weight is 508 g/mol. The van der Waals surface area contributed by atoms with Crippen LogP contribution in [0.25, 0.3) is 11.0 Å². The lowest BCUT2D eigenvalue weighted by Crippen LogP contribution is -2.48. The van der Waals surface area contributed by atoms with Gasteiger partial charge in [-0.1, -0.05) is 17.3 Å². The number of nitrogens with zero attached hydrogens (tertiary/aromatic N) is 2. The van der Waals surface area contributed by atoms with Crippen LogP contribution in [0.4, 0.5) is 4.39 Å². The van der Waals surface area contributed by atoms with Crippen LogP contribution in [0.5, 0.6) is 11.5 Å². The van der Waals surface area contributed by atoms with Gasteiger partial charge >= 0.3 is 0 Å². The molecule has 1 N–H and O–H groups in total. The Morgan fingerprint density at radius 1 is 1.03 bits per heavy atom. The van der Waals surface area contributed by atoms with E-state index in [1.54, 1.807) is 6.07 Å². The number of rotatable bonds is 6. The first-order chi connectivity index (χ1) is 18.1. The monoisotopic (exact) mass is 507 g/mol. The predicted molar refractivity (Wildman–Crippen MR) is 137 cm³/mol. The molecule has 1 unspecified atom stereocenters. The molecule has 8 heteroatoms. The Bertz CT molecular complexity index is 1230. The standard InChI is InChI=1S/C29H34FN3O4/c30-21-7-10-23-26(17-21)37-32-28(23)20-12-15-33(16-13-20)14-11-19-5-8-22(9-6-19)31-29(34)27-18-35-24-3-1-2-4-25(24)36-27/h1-4,7,10,17,19-20,22,27H,5-6,8-9,11-16,18H2,(H,31,34). The van der Waals surface area contributed by atoms with E-state index in [-0.39, 0.29) is 24.4 Å². The minimum Gasteiger partial charge on any atom is -0.485 e. The second-order valence-corrected chi connectivity index (χ2v) is 10.7. The van der Waals surface area contributed by atoms with Crippen molar-refractivity contribution in [3.8, 4) is 11.5 Å².